The van der Waals surface area contributed by atoms with Gasteiger partial charge >= 0.3 is 0 Å². The SMILES string of the molecule is CCNC(c1c(OC)cccc1OC)C1C2CCCCC21. The van der Waals surface area contributed by atoms with E-state index in [4.69, 9.17) is 9.47 Å². The highest BCUT2D eigenvalue weighted by atomic mass is 16.5. The highest BCUT2D eigenvalue weighted by Crippen LogP contribution is 2.61. The summed E-state index contributed by atoms with van der Waals surface area (Å²) in [6, 6.07) is 6.46. The fraction of sp³-hybridized carbons (Fsp3) is 0.667. The Hall–Kier alpha value is -1.22. The zero-order chi connectivity index (χ0) is 14.8. The molecule has 1 N–H and O–H groups in total. The number of ether oxygens (including phenoxy) is 2. The number of rotatable bonds is 6. The van der Waals surface area contributed by atoms with Crippen LogP contribution in [-0.4, -0.2) is 20.8 Å². The van der Waals surface area contributed by atoms with Gasteiger partial charge in [-0.1, -0.05) is 25.8 Å². The fourth-order valence-electron chi connectivity index (χ4n) is 4.38. The topological polar surface area (TPSA) is 30.5 Å². The van der Waals surface area contributed by atoms with Gasteiger partial charge < -0.3 is 14.8 Å². The van der Waals surface area contributed by atoms with Crippen LogP contribution in [0.3, 0.4) is 0 Å². The summed E-state index contributed by atoms with van der Waals surface area (Å²) in [5.41, 5.74) is 1.21. The van der Waals surface area contributed by atoms with Gasteiger partial charge in [0, 0.05) is 6.04 Å². The van der Waals surface area contributed by atoms with E-state index in [-0.39, 0.29) is 0 Å². The first-order chi connectivity index (χ1) is 10.3. The van der Waals surface area contributed by atoms with Gasteiger partial charge in [0.15, 0.2) is 0 Å². The maximum Gasteiger partial charge on any atom is 0.127 e. The van der Waals surface area contributed by atoms with Crippen molar-refractivity contribution in [3.8, 4) is 11.5 Å². The van der Waals surface area contributed by atoms with Crippen molar-refractivity contribution in [2.45, 2.75) is 38.6 Å². The van der Waals surface area contributed by atoms with E-state index in [0.29, 0.717) is 6.04 Å². The molecule has 3 heteroatoms. The van der Waals surface area contributed by atoms with Gasteiger partial charge in [-0.05, 0) is 49.3 Å². The number of hydrogen-bond donors (Lipinski definition) is 1. The summed E-state index contributed by atoms with van der Waals surface area (Å²) in [7, 11) is 3.50. The molecule has 21 heavy (non-hydrogen) atoms. The summed E-state index contributed by atoms with van der Waals surface area (Å²) in [6.45, 7) is 3.16. The summed E-state index contributed by atoms with van der Waals surface area (Å²) >= 11 is 0. The first-order valence-electron chi connectivity index (χ1n) is 8.26. The molecule has 0 radical (unpaired) electrons. The summed E-state index contributed by atoms with van der Waals surface area (Å²) in [4.78, 5) is 0. The Labute approximate surface area is 128 Å². The number of benzene rings is 1. The Bertz CT molecular complexity index is 454. The summed E-state index contributed by atoms with van der Waals surface area (Å²) < 4.78 is 11.3. The van der Waals surface area contributed by atoms with Crippen LogP contribution in [0.5, 0.6) is 11.5 Å². The van der Waals surface area contributed by atoms with Crippen molar-refractivity contribution in [1.82, 2.24) is 5.32 Å². The van der Waals surface area contributed by atoms with Gasteiger partial charge in [0.05, 0.1) is 19.8 Å². The molecule has 1 aromatic carbocycles. The minimum absolute atomic E-state index is 0.356. The van der Waals surface area contributed by atoms with Gasteiger partial charge in [0.2, 0.25) is 0 Å². The van der Waals surface area contributed by atoms with Crippen LogP contribution in [0.2, 0.25) is 0 Å². The Balaban J connectivity index is 1.94. The number of nitrogens with one attached hydrogen (secondary N) is 1. The van der Waals surface area contributed by atoms with Crippen molar-refractivity contribution in [2.24, 2.45) is 17.8 Å². The lowest BCUT2D eigenvalue weighted by molar-refractivity contribution is 0.357. The molecule has 0 aliphatic heterocycles. The molecule has 3 atom stereocenters. The van der Waals surface area contributed by atoms with E-state index in [1.165, 1.54) is 31.2 Å². The zero-order valence-corrected chi connectivity index (χ0v) is 13.4. The first-order valence-corrected chi connectivity index (χ1v) is 8.26. The van der Waals surface area contributed by atoms with Gasteiger partial charge in [-0.15, -0.1) is 0 Å². The van der Waals surface area contributed by atoms with Crippen LogP contribution in [0.25, 0.3) is 0 Å². The molecule has 1 aromatic rings. The molecule has 3 nitrogen and oxygen atoms in total. The second kappa shape index (κ2) is 6.27. The van der Waals surface area contributed by atoms with Crippen LogP contribution in [-0.2, 0) is 0 Å². The van der Waals surface area contributed by atoms with E-state index in [2.05, 4.69) is 12.2 Å². The van der Waals surface area contributed by atoms with Crippen molar-refractivity contribution in [3.05, 3.63) is 23.8 Å². The van der Waals surface area contributed by atoms with Crippen molar-refractivity contribution >= 4 is 0 Å². The molecular weight excluding hydrogens is 262 g/mol. The largest absolute Gasteiger partial charge is 0.496 e. The van der Waals surface area contributed by atoms with Crippen LogP contribution >= 0.6 is 0 Å². The molecule has 0 spiro atoms. The molecule has 116 valence electrons. The van der Waals surface area contributed by atoms with E-state index in [0.717, 1.165) is 35.8 Å². The van der Waals surface area contributed by atoms with Crippen LogP contribution in [0, 0.1) is 17.8 Å². The molecule has 2 fully saturated rings. The predicted octanol–water partition coefficient (Wildman–Crippen LogP) is 3.79. The number of hydrogen-bond acceptors (Lipinski definition) is 3. The minimum Gasteiger partial charge on any atom is -0.496 e. The maximum absolute atomic E-state index is 5.63. The highest BCUT2D eigenvalue weighted by molar-refractivity contribution is 5.48. The first kappa shape index (κ1) is 14.7. The second-order valence-corrected chi connectivity index (χ2v) is 6.30. The summed E-state index contributed by atoms with van der Waals surface area (Å²) in [6.07, 6.45) is 5.60. The number of fused-ring (bicyclic) bond motifs is 1. The Morgan fingerprint density at radius 3 is 2.14 bits per heavy atom. The number of methoxy groups -OCH3 is 2. The molecule has 0 bridgehead atoms. The maximum atomic E-state index is 5.63. The highest BCUT2D eigenvalue weighted by Gasteiger charge is 2.55. The minimum atomic E-state index is 0.356. The van der Waals surface area contributed by atoms with E-state index >= 15 is 0 Å². The van der Waals surface area contributed by atoms with Crippen molar-refractivity contribution < 1.29 is 9.47 Å². The normalized spacial score (nSPS) is 28.6. The van der Waals surface area contributed by atoms with Gasteiger partial charge in [0.1, 0.15) is 11.5 Å². The van der Waals surface area contributed by atoms with Crippen LogP contribution in [0.1, 0.15) is 44.2 Å². The van der Waals surface area contributed by atoms with Gasteiger partial charge in [0.25, 0.3) is 0 Å². The van der Waals surface area contributed by atoms with Crippen molar-refractivity contribution in [2.75, 3.05) is 20.8 Å². The third-order valence-electron chi connectivity index (χ3n) is 5.31. The standard InChI is InChI=1S/C18H27NO2/c1-4-19-18(16-12-8-5-6-9-13(12)16)17-14(20-2)10-7-11-15(17)21-3/h7,10-13,16,18-19H,4-6,8-9H2,1-3H3. The molecule has 2 saturated carbocycles. The third-order valence-corrected chi connectivity index (χ3v) is 5.31. The molecule has 2 aliphatic rings. The van der Waals surface area contributed by atoms with E-state index < -0.39 is 0 Å². The van der Waals surface area contributed by atoms with E-state index in [1.807, 2.05) is 18.2 Å². The summed E-state index contributed by atoms with van der Waals surface area (Å²) in [5.74, 6) is 4.44. The molecule has 0 saturated heterocycles. The van der Waals surface area contributed by atoms with E-state index in [9.17, 15) is 0 Å². The molecule has 2 aliphatic carbocycles. The van der Waals surface area contributed by atoms with Crippen LogP contribution < -0.4 is 14.8 Å². The zero-order valence-electron chi connectivity index (χ0n) is 13.4. The molecule has 0 aromatic heterocycles. The van der Waals surface area contributed by atoms with Gasteiger partial charge in [-0.2, -0.15) is 0 Å². The molecule has 3 rings (SSSR count). The lowest BCUT2D eigenvalue weighted by Crippen LogP contribution is -2.25. The van der Waals surface area contributed by atoms with Gasteiger partial charge in [-0.3, -0.25) is 0 Å². The second-order valence-electron chi connectivity index (χ2n) is 6.30. The molecule has 3 unspecified atom stereocenters. The Morgan fingerprint density at radius 1 is 1.10 bits per heavy atom. The van der Waals surface area contributed by atoms with Crippen LogP contribution in [0.15, 0.2) is 18.2 Å². The Morgan fingerprint density at radius 2 is 1.67 bits per heavy atom. The van der Waals surface area contributed by atoms with Crippen molar-refractivity contribution in [3.63, 3.8) is 0 Å². The smallest absolute Gasteiger partial charge is 0.127 e. The average Bonchev–Trinajstić information content (AvgIpc) is 3.26. The predicted molar refractivity (Wildman–Crippen MR) is 84.9 cm³/mol. The lowest BCUT2D eigenvalue weighted by Gasteiger charge is -2.23. The quantitative estimate of drug-likeness (QED) is 0.864. The molecular formula is C18H27NO2. The molecule has 0 amide bonds. The third kappa shape index (κ3) is 2.64. The van der Waals surface area contributed by atoms with E-state index in [1.54, 1.807) is 14.2 Å². The summed E-state index contributed by atoms with van der Waals surface area (Å²) in [5, 5.41) is 3.71. The lowest BCUT2D eigenvalue weighted by atomic mass is 9.97. The van der Waals surface area contributed by atoms with Gasteiger partial charge in [-0.25, -0.2) is 0 Å². The molecule has 0 heterocycles. The fourth-order valence-corrected chi connectivity index (χ4v) is 4.38. The monoisotopic (exact) mass is 289 g/mol. The average molecular weight is 289 g/mol. The van der Waals surface area contributed by atoms with Crippen molar-refractivity contribution in [1.29, 1.82) is 0 Å². The Kier molecular flexibility index (Phi) is 4.39. The van der Waals surface area contributed by atoms with Crippen LogP contribution in [0.4, 0.5) is 0 Å².